The van der Waals surface area contributed by atoms with Gasteiger partial charge in [0.25, 0.3) is 0 Å². The molecule has 138 valence electrons. The first-order chi connectivity index (χ1) is 12.5. The summed E-state index contributed by atoms with van der Waals surface area (Å²) in [6, 6.07) is 10.9. The number of sulfonamides is 1. The average molecular weight is 436 g/mol. The second-order valence-corrected chi connectivity index (χ2v) is 9.74. The molecule has 3 saturated heterocycles. The van der Waals surface area contributed by atoms with Crippen molar-refractivity contribution in [1.29, 1.82) is 0 Å². The Kier molecular flexibility index (Phi) is 5.14. The lowest BCUT2D eigenvalue weighted by molar-refractivity contribution is 0.0222. The quantitative estimate of drug-likeness (QED) is 0.783. The highest BCUT2D eigenvalue weighted by Gasteiger charge is 2.43. The third-order valence-corrected chi connectivity index (χ3v) is 7.55. The number of nitrogens with one attached hydrogen (secondary N) is 1. The van der Waals surface area contributed by atoms with E-state index in [1.54, 1.807) is 30.5 Å². The molecule has 1 N–H and O–H groups in total. The molecule has 3 aliphatic heterocycles. The molecule has 5 rings (SSSR count). The molecule has 1 aromatic carbocycles. The zero-order chi connectivity index (χ0) is 18.1. The number of aromatic nitrogens is 1. The van der Waals surface area contributed by atoms with Crippen LogP contribution in [-0.4, -0.2) is 43.5 Å². The average Bonchev–Trinajstić information content (AvgIpc) is 2.65. The second kappa shape index (κ2) is 7.38. The van der Waals surface area contributed by atoms with Crippen LogP contribution in [0.25, 0.3) is 0 Å². The molecule has 26 heavy (non-hydrogen) atoms. The van der Waals surface area contributed by atoms with E-state index in [1.165, 1.54) is 0 Å². The zero-order valence-electron chi connectivity index (χ0n) is 14.4. The van der Waals surface area contributed by atoms with E-state index in [4.69, 9.17) is 0 Å². The van der Waals surface area contributed by atoms with E-state index in [-0.39, 0.29) is 12.1 Å². The summed E-state index contributed by atoms with van der Waals surface area (Å²) in [7, 11) is -3.54. The third kappa shape index (κ3) is 3.71. The molecule has 1 aromatic heterocycles. The van der Waals surface area contributed by atoms with Gasteiger partial charge in [0.05, 0.1) is 4.90 Å². The van der Waals surface area contributed by atoms with E-state index in [0.29, 0.717) is 10.8 Å². The van der Waals surface area contributed by atoms with Crippen molar-refractivity contribution in [3.05, 3.63) is 58.8 Å². The normalized spacial score (nSPS) is 28.2. The van der Waals surface area contributed by atoms with Crippen LogP contribution >= 0.6 is 15.9 Å². The molecule has 3 fully saturated rings. The molecule has 0 saturated carbocycles. The number of fused-ring (bicyclic) bond motifs is 3. The van der Waals surface area contributed by atoms with Crippen molar-refractivity contribution in [3.8, 4) is 0 Å². The van der Waals surface area contributed by atoms with E-state index < -0.39 is 10.0 Å². The van der Waals surface area contributed by atoms with Crippen molar-refractivity contribution in [3.63, 3.8) is 0 Å². The van der Waals surface area contributed by atoms with Crippen molar-refractivity contribution < 1.29 is 8.42 Å². The maximum Gasteiger partial charge on any atom is 0.240 e. The number of rotatable bonds is 5. The first-order valence-electron chi connectivity index (χ1n) is 8.94. The summed E-state index contributed by atoms with van der Waals surface area (Å²) >= 11 is 3.36. The lowest BCUT2D eigenvalue weighted by atomic mass is 9.77. The molecule has 0 amide bonds. The van der Waals surface area contributed by atoms with Gasteiger partial charge in [-0.3, -0.25) is 9.88 Å². The predicted molar refractivity (Wildman–Crippen MR) is 104 cm³/mol. The molecule has 3 aliphatic rings. The molecule has 7 heteroatoms. The van der Waals surface area contributed by atoms with E-state index in [2.05, 4.69) is 36.6 Å². The summed E-state index contributed by atoms with van der Waals surface area (Å²) in [5.74, 6) is 0.395. The van der Waals surface area contributed by atoms with Crippen molar-refractivity contribution in [1.82, 2.24) is 14.6 Å². The monoisotopic (exact) mass is 435 g/mol. The Balaban J connectivity index is 1.59. The number of benzene rings is 1. The predicted octanol–water partition coefficient (Wildman–Crippen LogP) is 2.83. The summed E-state index contributed by atoms with van der Waals surface area (Å²) in [5, 5.41) is 0. The maximum atomic E-state index is 12.9. The van der Waals surface area contributed by atoms with Gasteiger partial charge in [0.1, 0.15) is 0 Å². The van der Waals surface area contributed by atoms with Gasteiger partial charge in [0.15, 0.2) is 0 Å². The van der Waals surface area contributed by atoms with Crippen LogP contribution < -0.4 is 4.72 Å². The lowest BCUT2D eigenvalue weighted by Gasteiger charge is -2.51. The fourth-order valence-corrected chi connectivity index (χ4v) is 5.81. The van der Waals surface area contributed by atoms with Crippen molar-refractivity contribution >= 4 is 26.0 Å². The summed E-state index contributed by atoms with van der Waals surface area (Å²) in [6.45, 7) is 2.10. The Labute approximate surface area is 163 Å². The third-order valence-electron chi connectivity index (χ3n) is 5.55. The Morgan fingerprint density at radius 3 is 2.54 bits per heavy atom. The first kappa shape index (κ1) is 18.1. The first-order valence-corrected chi connectivity index (χ1v) is 11.2. The van der Waals surface area contributed by atoms with Crippen LogP contribution in [0.5, 0.6) is 0 Å². The summed E-state index contributed by atoms with van der Waals surface area (Å²) in [4.78, 5) is 6.96. The Hall–Kier alpha value is -1.28. The molecular formula is C19H22BrN3O2S. The Bertz CT molecular complexity index is 850. The van der Waals surface area contributed by atoms with E-state index >= 15 is 0 Å². The van der Waals surface area contributed by atoms with Crippen LogP contribution in [0.3, 0.4) is 0 Å². The highest BCUT2D eigenvalue weighted by Crippen LogP contribution is 2.34. The minimum absolute atomic E-state index is 0.0636. The minimum Gasteiger partial charge on any atom is -0.298 e. The van der Waals surface area contributed by atoms with Gasteiger partial charge in [-0.15, -0.1) is 0 Å². The number of hydrogen-bond donors (Lipinski definition) is 1. The van der Waals surface area contributed by atoms with E-state index in [0.717, 1.165) is 42.4 Å². The molecule has 5 nitrogen and oxygen atoms in total. The van der Waals surface area contributed by atoms with Crippen LogP contribution in [0, 0.1) is 5.92 Å². The highest BCUT2D eigenvalue weighted by atomic mass is 79.9. The number of nitrogens with zero attached hydrogens (tertiary/aromatic N) is 2. The van der Waals surface area contributed by atoms with Gasteiger partial charge in [0, 0.05) is 29.0 Å². The number of pyridine rings is 1. The second-order valence-electron chi connectivity index (χ2n) is 7.11. The van der Waals surface area contributed by atoms with Gasteiger partial charge >= 0.3 is 0 Å². The Morgan fingerprint density at radius 1 is 1.15 bits per heavy atom. The van der Waals surface area contributed by atoms with Gasteiger partial charge in [0.2, 0.25) is 10.0 Å². The fraction of sp³-hybridized carbons (Fsp3) is 0.421. The number of hydrogen-bond acceptors (Lipinski definition) is 4. The van der Waals surface area contributed by atoms with Crippen LogP contribution in [0.2, 0.25) is 0 Å². The van der Waals surface area contributed by atoms with Crippen LogP contribution in [0.1, 0.15) is 18.4 Å². The molecule has 2 atom stereocenters. The molecule has 2 bridgehead atoms. The largest absolute Gasteiger partial charge is 0.298 e. The number of halogens is 1. The number of piperidine rings is 3. The van der Waals surface area contributed by atoms with E-state index in [1.807, 2.05) is 12.3 Å². The van der Waals surface area contributed by atoms with Crippen molar-refractivity contribution in [2.24, 2.45) is 5.92 Å². The molecule has 0 radical (unpaired) electrons. The van der Waals surface area contributed by atoms with Gasteiger partial charge in [-0.05, 0) is 74.2 Å². The topological polar surface area (TPSA) is 62.3 Å². The molecule has 0 spiro atoms. The van der Waals surface area contributed by atoms with E-state index in [9.17, 15) is 8.42 Å². The van der Waals surface area contributed by atoms with Gasteiger partial charge in [-0.25, -0.2) is 13.1 Å². The fourth-order valence-electron chi connectivity index (χ4n) is 4.20. The van der Waals surface area contributed by atoms with Crippen LogP contribution in [0.15, 0.2) is 58.2 Å². The van der Waals surface area contributed by atoms with Gasteiger partial charge < -0.3 is 0 Å². The highest BCUT2D eigenvalue weighted by molar-refractivity contribution is 9.10. The summed E-state index contributed by atoms with van der Waals surface area (Å²) in [6.07, 6.45) is 6.57. The van der Waals surface area contributed by atoms with Gasteiger partial charge in [-0.1, -0.05) is 22.0 Å². The molecule has 0 aliphatic carbocycles. The summed E-state index contributed by atoms with van der Waals surface area (Å²) in [5.41, 5.74) is 1.15. The van der Waals surface area contributed by atoms with Gasteiger partial charge in [-0.2, -0.15) is 0 Å². The molecule has 2 unspecified atom stereocenters. The van der Waals surface area contributed by atoms with Crippen molar-refractivity contribution in [2.45, 2.75) is 36.2 Å². The Morgan fingerprint density at radius 2 is 1.88 bits per heavy atom. The molecule has 4 heterocycles. The standard InChI is InChI=1S/C19H22BrN3O2S/c20-16-3-5-17(6-4-16)26(24,25)22-19-15-7-10-23(11-8-15)18(19)12-14-2-1-9-21-13-14/h1-6,9,13,15,18-19,22H,7-8,10-12H2. The molecule has 2 aromatic rings. The molecular weight excluding hydrogens is 414 g/mol. The lowest BCUT2D eigenvalue weighted by Crippen LogP contribution is -2.64. The minimum atomic E-state index is -3.54. The van der Waals surface area contributed by atoms with Crippen molar-refractivity contribution in [2.75, 3.05) is 13.1 Å². The van der Waals surface area contributed by atoms with Crippen LogP contribution in [-0.2, 0) is 16.4 Å². The SMILES string of the molecule is O=S(=O)(NC1C2CCN(CC2)C1Cc1cccnc1)c1ccc(Br)cc1. The maximum absolute atomic E-state index is 12.9. The zero-order valence-corrected chi connectivity index (χ0v) is 16.8. The van der Waals surface area contributed by atoms with Crippen LogP contribution in [0.4, 0.5) is 0 Å². The summed E-state index contributed by atoms with van der Waals surface area (Å²) < 4.78 is 29.8. The smallest absolute Gasteiger partial charge is 0.240 e.